The molecule has 0 radical (unpaired) electrons. The summed E-state index contributed by atoms with van der Waals surface area (Å²) in [7, 11) is 0. The fourth-order valence-electron chi connectivity index (χ4n) is 2.79. The van der Waals surface area contributed by atoms with Gasteiger partial charge in [0.2, 0.25) is 0 Å². The van der Waals surface area contributed by atoms with Crippen molar-refractivity contribution in [1.29, 1.82) is 0 Å². The van der Waals surface area contributed by atoms with Gasteiger partial charge in [0.1, 0.15) is 0 Å². The average molecular weight is 319 g/mol. The Bertz CT molecular complexity index is 373. The minimum Gasteiger partial charge on any atom is -0.375 e. The average Bonchev–Trinajstić information content (AvgIpc) is 2.83. The van der Waals surface area contributed by atoms with Gasteiger partial charge in [-0.1, -0.05) is 13.8 Å². The molecular weight excluding hydrogens is 292 g/mol. The number of aromatic nitrogens is 1. The number of piperidine rings is 1. The number of anilines is 1. The van der Waals surface area contributed by atoms with E-state index in [1.807, 2.05) is 6.20 Å². The van der Waals surface area contributed by atoms with E-state index in [1.165, 1.54) is 50.4 Å². The van der Waals surface area contributed by atoms with Crippen LogP contribution in [0, 0.1) is 5.92 Å². The quantitative estimate of drug-likeness (QED) is 0.876. The van der Waals surface area contributed by atoms with Gasteiger partial charge in [0.05, 0.1) is 0 Å². The van der Waals surface area contributed by atoms with E-state index in [1.54, 1.807) is 11.3 Å². The fraction of sp³-hybridized carbons (Fsp3) is 0.786. The van der Waals surface area contributed by atoms with Gasteiger partial charge in [0.15, 0.2) is 5.13 Å². The van der Waals surface area contributed by atoms with Gasteiger partial charge in [-0.15, -0.1) is 23.7 Å². The molecule has 6 heteroatoms. The molecule has 20 heavy (non-hydrogen) atoms. The van der Waals surface area contributed by atoms with Crippen LogP contribution in [0.2, 0.25) is 0 Å². The molecule has 4 nitrogen and oxygen atoms in total. The maximum Gasteiger partial charge on any atom is 0.180 e. The summed E-state index contributed by atoms with van der Waals surface area (Å²) in [5, 5.41) is 0.686. The molecule has 116 valence electrons. The zero-order valence-corrected chi connectivity index (χ0v) is 14.2. The Morgan fingerprint density at radius 2 is 2.00 bits per heavy atom. The van der Waals surface area contributed by atoms with Crippen LogP contribution in [0.15, 0.2) is 6.20 Å². The summed E-state index contributed by atoms with van der Waals surface area (Å²) in [6.07, 6.45) is 4.57. The molecule has 0 atom stereocenters. The van der Waals surface area contributed by atoms with Crippen LogP contribution in [0.3, 0.4) is 0 Å². The molecule has 0 amide bonds. The minimum absolute atomic E-state index is 0. The number of nitrogens with zero attached hydrogens (tertiary/aromatic N) is 3. The van der Waals surface area contributed by atoms with Gasteiger partial charge in [-0.05, 0) is 44.9 Å². The molecule has 2 rings (SSSR count). The van der Waals surface area contributed by atoms with Gasteiger partial charge in [0.25, 0.3) is 0 Å². The Hall–Kier alpha value is -0.360. The van der Waals surface area contributed by atoms with Gasteiger partial charge >= 0.3 is 0 Å². The van der Waals surface area contributed by atoms with Crippen LogP contribution in [0.25, 0.3) is 0 Å². The van der Waals surface area contributed by atoms with Gasteiger partial charge in [-0.2, -0.15) is 0 Å². The van der Waals surface area contributed by atoms with Crippen LogP contribution in [0.4, 0.5) is 5.13 Å². The molecule has 0 unspecified atom stereocenters. The van der Waals surface area contributed by atoms with Crippen molar-refractivity contribution >= 4 is 28.9 Å². The summed E-state index contributed by atoms with van der Waals surface area (Å²) in [4.78, 5) is 10.5. The molecule has 1 aliphatic rings. The van der Waals surface area contributed by atoms with Crippen LogP contribution in [-0.2, 0) is 6.54 Å². The predicted molar refractivity (Wildman–Crippen MR) is 89.6 cm³/mol. The smallest absolute Gasteiger partial charge is 0.180 e. The Morgan fingerprint density at radius 3 is 2.50 bits per heavy atom. The summed E-state index contributed by atoms with van der Waals surface area (Å²) >= 11 is 1.62. The first-order chi connectivity index (χ1) is 9.21. The van der Waals surface area contributed by atoms with E-state index in [2.05, 4.69) is 28.6 Å². The molecule has 2 heterocycles. The Kier molecular flexibility index (Phi) is 7.80. The standard InChI is InChI=1S/C14H26N4S.ClH/c1-3-17(4-2)10-12-5-7-18(8-6-12)11-13-9-16-14(15)19-13;/h9,12H,3-8,10-11H2,1-2H3,(H2,15,16);1H. The summed E-state index contributed by atoms with van der Waals surface area (Å²) in [6, 6.07) is 0. The molecule has 2 N–H and O–H groups in total. The number of nitrogens with two attached hydrogens (primary N) is 1. The van der Waals surface area contributed by atoms with E-state index in [-0.39, 0.29) is 12.4 Å². The van der Waals surface area contributed by atoms with E-state index < -0.39 is 0 Å². The monoisotopic (exact) mass is 318 g/mol. The Balaban J connectivity index is 0.00000200. The molecule has 1 aliphatic heterocycles. The lowest BCUT2D eigenvalue weighted by Crippen LogP contribution is -2.38. The third-order valence-corrected chi connectivity index (χ3v) is 4.88. The summed E-state index contributed by atoms with van der Waals surface area (Å²) in [5.41, 5.74) is 5.67. The minimum atomic E-state index is 0. The largest absolute Gasteiger partial charge is 0.375 e. The summed E-state index contributed by atoms with van der Waals surface area (Å²) in [6.45, 7) is 11.6. The molecule has 0 bridgehead atoms. The number of hydrogen-bond acceptors (Lipinski definition) is 5. The van der Waals surface area contributed by atoms with Crippen LogP contribution in [0.5, 0.6) is 0 Å². The van der Waals surface area contributed by atoms with Crippen molar-refractivity contribution in [2.45, 2.75) is 33.2 Å². The van der Waals surface area contributed by atoms with Gasteiger partial charge in [0, 0.05) is 24.2 Å². The highest BCUT2D eigenvalue weighted by molar-refractivity contribution is 7.15. The summed E-state index contributed by atoms with van der Waals surface area (Å²) < 4.78 is 0. The molecule has 1 aromatic heterocycles. The maximum absolute atomic E-state index is 5.67. The third kappa shape index (κ3) is 5.20. The van der Waals surface area contributed by atoms with Crippen molar-refractivity contribution in [3.05, 3.63) is 11.1 Å². The van der Waals surface area contributed by atoms with Crippen molar-refractivity contribution in [2.75, 3.05) is 38.5 Å². The first kappa shape index (κ1) is 17.7. The van der Waals surface area contributed by atoms with Crippen molar-refractivity contribution in [2.24, 2.45) is 5.92 Å². The molecule has 0 saturated carbocycles. The van der Waals surface area contributed by atoms with E-state index >= 15 is 0 Å². The highest BCUT2D eigenvalue weighted by atomic mass is 35.5. The lowest BCUT2D eigenvalue weighted by molar-refractivity contribution is 0.144. The first-order valence-electron chi connectivity index (χ1n) is 7.36. The number of thiazole rings is 1. The van der Waals surface area contributed by atoms with Crippen molar-refractivity contribution in [3.8, 4) is 0 Å². The molecule has 0 aromatic carbocycles. The molecule has 1 aromatic rings. The van der Waals surface area contributed by atoms with Crippen LogP contribution >= 0.6 is 23.7 Å². The number of halogens is 1. The summed E-state index contributed by atoms with van der Waals surface area (Å²) in [5.74, 6) is 0.877. The topological polar surface area (TPSA) is 45.4 Å². The first-order valence-corrected chi connectivity index (χ1v) is 8.17. The number of likely N-dealkylation sites (tertiary alicyclic amines) is 1. The van der Waals surface area contributed by atoms with E-state index in [9.17, 15) is 0 Å². The molecular formula is C14H27ClN4S. The number of hydrogen-bond donors (Lipinski definition) is 1. The highest BCUT2D eigenvalue weighted by Gasteiger charge is 2.21. The second-order valence-electron chi connectivity index (χ2n) is 5.37. The predicted octanol–water partition coefficient (Wildman–Crippen LogP) is 2.70. The van der Waals surface area contributed by atoms with Gasteiger partial charge in [-0.3, -0.25) is 4.90 Å². The highest BCUT2D eigenvalue weighted by Crippen LogP contribution is 2.22. The van der Waals surface area contributed by atoms with Crippen molar-refractivity contribution in [1.82, 2.24) is 14.8 Å². The third-order valence-electron chi connectivity index (χ3n) is 4.07. The molecule has 0 spiro atoms. The molecule has 0 aliphatic carbocycles. The zero-order chi connectivity index (χ0) is 13.7. The second kappa shape index (κ2) is 8.82. The van der Waals surface area contributed by atoms with Gasteiger partial charge < -0.3 is 10.6 Å². The zero-order valence-electron chi connectivity index (χ0n) is 12.5. The lowest BCUT2D eigenvalue weighted by Gasteiger charge is -2.34. The normalized spacial score (nSPS) is 17.4. The van der Waals surface area contributed by atoms with Crippen LogP contribution < -0.4 is 5.73 Å². The Morgan fingerprint density at radius 1 is 1.35 bits per heavy atom. The van der Waals surface area contributed by atoms with E-state index in [4.69, 9.17) is 5.73 Å². The van der Waals surface area contributed by atoms with E-state index in [0.717, 1.165) is 12.5 Å². The Labute approximate surface area is 132 Å². The fourth-order valence-corrected chi connectivity index (χ4v) is 3.52. The van der Waals surface area contributed by atoms with Gasteiger partial charge in [-0.25, -0.2) is 4.98 Å². The molecule has 1 fully saturated rings. The lowest BCUT2D eigenvalue weighted by atomic mass is 9.96. The number of nitrogen functional groups attached to an aromatic ring is 1. The SMILES string of the molecule is CCN(CC)CC1CCN(Cc2cnc(N)s2)CC1.Cl. The van der Waals surface area contributed by atoms with Crippen LogP contribution in [0.1, 0.15) is 31.6 Å². The number of rotatable bonds is 6. The van der Waals surface area contributed by atoms with Crippen LogP contribution in [-0.4, -0.2) is 47.5 Å². The molecule has 1 saturated heterocycles. The van der Waals surface area contributed by atoms with Crippen molar-refractivity contribution in [3.63, 3.8) is 0 Å². The second-order valence-corrected chi connectivity index (χ2v) is 6.52. The maximum atomic E-state index is 5.67. The van der Waals surface area contributed by atoms with E-state index in [0.29, 0.717) is 5.13 Å². The van der Waals surface area contributed by atoms with Crippen molar-refractivity contribution < 1.29 is 0 Å².